The average molecular weight is 270 g/mol. The molecule has 20 heavy (non-hydrogen) atoms. The number of nitrogens with one attached hydrogen (secondary N) is 1. The van der Waals surface area contributed by atoms with Crippen LogP contribution in [0.25, 0.3) is 0 Å². The van der Waals surface area contributed by atoms with Crippen molar-refractivity contribution in [1.29, 1.82) is 0 Å². The fourth-order valence-corrected chi connectivity index (χ4v) is 2.62. The summed E-state index contributed by atoms with van der Waals surface area (Å²) >= 11 is 0. The third-order valence-electron chi connectivity index (χ3n) is 3.81. The van der Waals surface area contributed by atoms with E-state index in [1.165, 1.54) is 5.56 Å². The van der Waals surface area contributed by atoms with Gasteiger partial charge in [0.1, 0.15) is 0 Å². The Hall–Kier alpha value is -2.17. The first-order valence-corrected chi connectivity index (χ1v) is 6.98. The van der Waals surface area contributed by atoms with Gasteiger partial charge in [-0.25, -0.2) is 4.98 Å². The number of hydrogen-bond donors (Lipinski definition) is 1. The zero-order valence-electron chi connectivity index (χ0n) is 11.3. The number of nitrogens with zero attached hydrogens (tertiary/aromatic N) is 3. The maximum Gasteiger partial charge on any atom is 0.223 e. The molecule has 1 amide bonds. The van der Waals surface area contributed by atoms with E-state index in [2.05, 4.69) is 19.9 Å². The Labute approximate surface area is 118 Å². The van der Waals surface area contributed by atoms with Crippen molar-refractivity contribution in [3.05, 3.63) is 48.3 Å². The molecule has 2 aromatic heterocycles. The predicted octanol–water partition coefficient (Wildman–Crippen LogP) is 1.20. The number of aromatic nitrogens is 3. The van der Waals surface area contributed by atoms with Gasteiger partial charge in [0.15, 0.2) is 0 Å². The minimum atomic E-state index is 0.0802. The van der Waals surface area contributed by atoms with E-state index in [9.17, 15) is 4.79 Å². The molecule has 1 aliphatic heterocycles. The number of amides is 1. The van der Waals surface area contributed by atoms with Crippen LogP contribution in [0.4, 0.5) is 0 Å². The van der Waals surface area contributed by atoms with Gasteiger partial charge in [0.25, 0.3) is 0 Å². The van der Waals surface area contributed by atoms with Crippen LogP contribution in [0.1, 0.15) is 17.7 Å². The molecule has 1 atom stereocenters. The van der Waals surface area contributed by atoms with Crippen molar-refractivity contribution in [3.63, 3.8) is 0 Å². The van der Waals surface area contributed by atoms with Crippen molar-refractivity contribution in [2.24, 2.45) is 5.92 Å². The highest BCUT2D eigenvalue weighted by atomic mass is 16.1. The number of fused-ring (bicyclic) bond motifs is 1. The molecule has 0 bridgehead atoms. The van der Waals surface area contributed by atoms with Crippen LogP contribution < -0.4 is 5.32 Å². The second kappa shape index (κ2) is 5.86. The second-order valence-electron chi connectivity index (χ2n) is 5.16. The van der Waals surface area contributed by atoms with Crippen molar-refractivity contribution in [3.8, 4) is 0 Å². The molecule has 0 aromatic carbocycles. The summed E-state index contributed by atoms with van der Waals surface area (Å²) < 4.78 is 2.13. The molecule has 5 heteroatoms. The molecule has 0 aliphatic carbocycles. The Morgan fingerprint density at radius 1 is 1.35 bits per heavy atom. The number of hydrogen-bond acceptors (Lipinski definition) is 3. The molecule has 3 rings (SSSR count). The van der Waals surface area contributed by atoms with Crippen molar-refractivity contribution in [2.75, 3.05) is 6.54 Å². The van der Waals surface area contributed by atoms with Gasteiger partial charge in [0.05, 0.1) is 6.33 Å². The number of rotatable bonds is 4. The number of imidazole rings is 1. The van der Waals surface area contributed by atoms with Crippen LogP contribution in [0.15, 0.2) is 37.1 Å². The molecule has 0 spiro atoms. The van der Waals surface area contributed by atoms with Crippen LogP contribution >= 0.6 is 0 Å². The highest BCUT2D eigenvalue weighted by molar-refractivity contribution is 5.79. The van der Waals surface area contributed by atoms with Crippen LogP contribution in [0.5, 0.6) is 0 Å². The van der Waals surface area contributed by atoms with Gasteiger partial charge >= 0.3 is 0 Å². The zero-order chi connectivity index (χ0) is 13.8. The minimum absolute atomic E-state index is 0.0802. The van der Waals surface area contributed by atoms with E-state index in [0.29, 0.717) is 6.54 Å². The molecular formula is C15H18N4O. The van der Waals surface area contributed by atoms with Crippen molar-refractivity contribution in [2.45, 2.75) is 25.8 Å². The van der Waals surface area contributed by atoms with Crippen LogP contribution in [0.3, 0.4) is 0 Å². The van der Waals surface area contributed by atoms with Gasteiger partial charge in [-0.15, -0.1) is 0 Å². The maximum atomic E-state index is 12.2. The molecule has 0 radical (unpaired) electrons. The van der Waals surface area contributed by atoms with Crippen LogP contribution in [-0.4, -0.2) is 27.0 Å². The van der Waals surface area contributed by atoms with E-state index in [-0.39, 0.29) is 11.8 Å². The van der Waals surface area contributed by atoms with Gasteiger partial charge in [-0.05, 0) is 30.5 Å². The number of carbonyl (C=O) groups excluding carboxylic acids is 1. The molecule has 1 unspecified atom stereocenters. The zero-order valence-corrected chi connectivity index (χ0v) is 11.3. The highest BCUT2D eigenvalue weighted by Gasteiger charge is 2.24. The largest absolute Gasteiger partial charge is 0.356 e. The monoisotopic (exact) mass is 270 g/mol. The summed E-state index contributed by atoms with van der Waals surface area (Å²) in [5, 5.41) is 3.03. The molecule has 5 nitrogen and oxygen atoms in total. The van der Waals surface area contributed by atoms with E-state index in [1.54, 1.807) is 12.4 Å². The van der Waals surface area contributed by atoms with Gasteiger partial charge in [-0.1, -0.05) is 0 Å². The number of carbonyl (C=O) groups is 1. The predicted molar refractivity (Wildman–Crippen MR) is 75.0 cm³/mol. The third kappa shape index (κ3) is 2.87. The number of aryl methyl sites for hydroxylation is 1. The summed E-state index contributed by atoms with van der Waals surface area (Å²) in [6.45, 7) is 1.57. The Morgan fingerprint density at radius 3 is 3.05 bits per heavy atom. The molecule has 104 valence electrons. The normalized spacial score (nSPS) is 17.5. The SMILES string of the molecule is O=C(NCCc1ccncc1)C1CCn2cncc2C1. The van der Waals surface area contributed by atoms with Crippen LogP contribution in [0.2, 0.25) is 0 Å². The van der Waals surface area contributed by atoms with Crippen LogP contribution in [-0.2, 0) is 24.2 Å². The smallest absolute Gasteiger partial charge is 0.223 e. The van der Waals surface area contributed by atoms with E-state index in [1.807, 2.05) is 24.7 Å². The fourth-order valence-electron chi connectivity index (χ4n) is 2.62. The fraction of sp³-hybridized carbons (Fsp3) is 0.400. The summed E-state index contributed by atoms with van der Waals surface area (Å²) in [7, 11) is 0. The van der Waals surface area contributed by atoms with Crippen molar-refractivity contribution >= 4 is 5.91 Å². The van der Waals surface area contributed by atoms with Gasteiger partial charge in [-0.3, -0.25) is 9.78 Å². The van der Waals surface area contributed by atoms with Crippen LogP contribution in [0, 0.1) is 5.92 Å². The topological polar surface area (TPSA) is 59.8 Å². The molecule has 1 aliphatic rings. The maximum absolute atomic E-state index is 12.2. The third-order valence-corrected chi connectivity index (χ3v) is 3.81. The summed E-state index contributed by atoms with van der Waals surface area (Å²) in [6, 6.07) is 3.96. The molecule has 3 heterocycles. The van der Waals surface area contributed by atoms with Gasteiger partial charge in [0, 0.05) is 49.7 Å². The molecule has 1 N–H and O–H groups in total. The summed E-state index contributed by atoms with van der Waals surface area (Å²) in [5.74, 6) is 0.239. The van der Waals surface area contributed by atoms with Gasteiger partial charge < -0.3 is 9.88 Å². The first-order chi connectivity index (χ1) is 9.83. The lowest BCUT2D eigenvalue weighted by Gasteiger charge is -2.22. The minimum Gasteiger partial charge on any atom is -0.356 e. The second-order valence-corrected chi connectivity index (χ2v) is 5.16. The quantitative estimate of drug-likeness (QED) is 0.908. The summed E-state index contributed by atoms with van der Waals surface area (Å²) in [4.78, 5) is 20.3. The first kappa shape index (κ1) is 12.8. The van der Waals surface area contributed by atoms with Crippen molar-refractivity contribution < 1.29 is 4.79 Å². The van der Waals surface area contributed by atoms with E-state index < -0.39 is 0 Å². The Balaban J connectivity index is 1.48. The first-order valence-electron chi connectivity index (χ1n) is 6.98. The van der Waals surface area contributed by atoms with Gasteiger partial charge in [0.2, 0.25) is 5.91 Å². The Bertz CT molecular complexity index is 579. The average Bonchev–Trinajstić information content (AvgIpc) is 2.95. The lowest BCUT2D eigenvalue weighted by molar-refractivity contribution is -0.125. The van der Waals surface area contributed by atoms with E-state index in [0.717, 1.165) is 31.5 Å². The van der Waals surface area contributed by atoms with Gasteiger partial charge in [-0.2, -0.15) is 0 Å². The molecule has 0 fully saturated rings. The lowest BCUT2D eigenvalue weighted by atomic mass is 9.95. The summed E-state index contributed by atoms with van der Waals surface area (Å²) in [5.41, 5.74) is 2.35. The molecule has 2 aromatic rings. The molecule has 0 saturated heterocycles. The standard InChI is InChI=1S/C15H18N4O/c20-15(18-7-3-12-1-5-16-6-2-12)13-4-8-19-11-17-10-14(19)9-13/h1-2,5-6,10-11,13H,3-4,7-9H2,(H,18,20). The Morgan fingerprint density at radius 2 is 2.20 bits per heavy atom. The van der Waals surface area contributed by atoms with E-state index >= 15 is 0 Å². The number of pyridine rings is 1. The van der Waals surface area contributed by atoms with Crippen molar-refractivity contribution in [1.82, 2.24) is 19.9 Å². The van der Waals surface area contributed by atoms with E-state index in [4.69, 9.17) is 0 Å². The lowest BCUT2D eigenvalue weighted by Crippen LogP contribution is -2.36. The Kier molecular flexibility index (Phi) is 3.76. The highest BCUT2D eigenvalue weighted by Crippen LogP contribution is 2.19. The molecular weight excluding hydrogens is 252 g/mol. The molecule has 0 saturated carbocycles. The summed E-state index contributed by atoms with van der Waals surface area (Å²) in [6.07, 6.45) is 9.78.